The Labute approximate surface area is 112 Å². The zero-order valence-corrected chi connectivity index (χ0v) is 11.3. The van der Waals surface area contributed by atoms with E-state index in [1.54, 1.807) is 24.3 Å². The van der Waals surface area contributed by atoms with Crippen molar-refractivity contribution in [3.63, 3.8) is 0 Å². The Bertz CT molecular complexity index is 365. The molecule has 0 heterocycles. The third-order valence-electron chi connectivity index (χ3n) is 2.32. The molecule has 1 unspecified atom stereocenters. The first-order chi connectivity index (χ1) is 8.59. The Morgan fingerprint density at radius 2 is 2.06 bits per heavy atom. The van der Waals surface area contributed by atoms with E-state index in [9.17, 15) is 4.79 Å². The second-order valence-corrected chi connectivity index (χ2v) is 5.28. The highest BCUT2D eigenvalue weighted by atomic mass is 32.2. The zero-order chi connectivity index (χ0) is 13.4. The van der Waals surface area contributed by atoms with Crippen molar-refractivity contribution in [1.82, 2.24) is 0 Å². The smallest absolute Gasteiger partial charge is 0.335 e. The normalized spacial score (nSPS) is 12.1. The zero-order valence-electron chi connectivity index (χ0n) is 10.5. The van der Waals surface area contributed by atoms with Crippen molar-refractivity contribution in [3.05, 3.63) is 29.8 Å². The van der Waals surface area contributed by atoms with E-state index in [0.29, 0.717) is 12.4 Å². The van der Waals surface area contributed by atoms with Crippen molar-refractivity contribution in [2.45, 2.75) is 19.4 Å². The van der Waals surface area contributed by atoms with Crippen molar-refractivity contribution in [2.75, 3.05) is 18.1 Å². The van der Waals surface area contributed by atoms with Gasteiger partial charge in [-0.3, -0.25) is 0 Å². The van der Waals surface area contributed by atoms with E-state index in [0.717, 1.165) is 17.9 Å². The van der Waals surface area contributed by atoms with Crippen LogP contribution in [0.15, 0.2) is 24.3 Å². The van der Waals surface area contributed by atoms with E-state index in [1.807, 2.05) is 18.7 Å². The molecule has 1 aromatic rings. The van der Waals surface area contributed by atoms with Gasteiger partial charge < -0.3 is 15.6 Å². The minimum Gasteiger partial charge on any atom is -0.493 e. The number of hydrogen-bond acceptors (Lipinski definition) is 4. The molecule has 4 nitrogen and oxygen atoms in total. The molecule has 0 spiro atoms. The van der Waals surface area contributed by atoms with Gasteiger partial charge in [-0.25, -0.2) is 4.79 Å². The molecule has 5 heteroatoms. The second-order valence-electron chi connectivity index (χ2n) is 4.06. The number of carbonyl (C=O) groups is 1. The standard InChI is InChI=1S/C13H19NO3S/c1-10(14)6-8-18-9-7-17-12-4-2-11(3-5-12)13(15)16/h2-5,10H,6-9,14H2,1H3,(H,15,16). The number of hydrogen-bond donors (Lipinski definition) is 2. The fourth-order valence-electron chi connectivity index (χ4n) is 1.28. The summed E-state index contributed by atoms with van der Waals surface area (Å²) in [6.07, 6.45) is 1.01. The van der Waals surface area contributed by atoms with Crippen LogP contribution < -0.4 is 10.5 Å². The molecule has 0 amide bonds. The van der Waals surface area contributed by atoms with Crippen LogP contribution in [-0.2, 0) is 0 Å². The molecule has 100 valence electrons. The number of aromatic carboxylic acids is 1. The lowest BCUT2D eigenvalue weighted by Crippen LogP contribution is -2.15. The Morgan fingerprint density at radius 3 is 2.61 bits per heavy atom. The van der Waals surface area contributed by atoms with E-state index in [2.05, 4.69) is 0 Å². The van der Waals surface area contributed by atoms with Crippen molar-refractivity contribution in [3.8, 4) is 5.75 Å². The van der Waals surface area contributed by atoms with E-state index < -0.39 is 5.97 Å². The fraction of sp³-hybridized carbons (Fsp3) is 0.462. The van der Waals surface area contributed by atoms with Crippen molar-refractivity contribution < 1.29 is 14.6 Å². The second kappa shape index (κ2) is 8.00. The summed E-state index contributed by atoms with van der Waals surface area (Å²) in [6.45, 7) is 2.62. The lowest BCUT2D eigenvalue weighted by Gasteiger charge is -2.07. The van der Waals surface area contributed by atoms with Gasteiger partial charge in [0.2, 0.25) is 0 Å². The molecule has 0 saturated heterocycles. The Kier molecular flexibility index (Phi) is 6.60. The quantitative estimate of drug-likeness (QED) is 0.708. The lowest BCUT2D eigenvalue weighted by atomic mass is 10.2. The number of benzene rings is 1. The number of carboxylic acid groups (broad SMARTS) is 1. The molecule has 0 fully saturated rings. The first-order valence-electron chi connectivity index (χ1n) is 5.89. The molecule has 0 aliphatic rings. The molecule has 0 aliphatic heterocycles. The van der Waals surface area contributed by atoms with Crippen molar-refractivity contribution in [1.29, 1.82) is 0 Å². The molecule has 1 aromatic carbocycles. The van der Waals surface area contributed by atoms with Gasteiger partial charge in [0.25, 0.3) is 0 Å². The molecule has 0 radical (unpaired) electrons. The predicted octanol–water partition coefficient (Wildman–Crippen LogP) is 2.23. The summed E-state index contributed by atoms with van der Waals surface area (Å²) in [5, 5.41) is 8.74. The van der Waals surface area contributed by atoms with Crippen LogP contribution in [-0.4, -0.2) is 35.2 Å². The van der Waals surface area contributed by atoms with Crippen molar-refractivity contribution >= 4 is 17.7 Å². The molecule has 0 aliphatic carbocycles. The van der Waals surface area contributed by atoms with Gasteiger partial charge in [0.05, 0.1) is 12.2 Å². The summed E-state index contributed by atoms with van der Waals surface area (Å²) in [5.74, 6) is 1.73. The van der Waals surface area contributed by atoms with Crippen molar-refractivity contribution in [2.24, 2.45) is 5.73 Å². The SMILES string of the molecule is CC(N)CCSCCOc1ccc(C(=O)O)cc1. The van der Waals surface area contributed by atoms with Crippen LogP contribution in [0, 0.1) is 0 Å². The molecule has 0 saturated carbocycles. The molecule has 0 aromatic heterocycles. The van der Waals surface area contributed by atoms with Gasteiger partial charge in [-0.2, -0.15) is 11.8 Å². The van der Waals surface area contributed by atoms with Crippen LogP contribution >= 0.6 is 11.8 Å². The van der Waals surface area contributed by atoms with Gasteiger partial charge in [-0.05, 0) is 43.4 Å². The highest BCUT2D eigenvalue weighted by Crippen LogP contribution is 2.13. The number of ether oxygens (including phenoxy) is 1. The molecular formula is C13H19NO3S. The summed E-state index contributed by atoms with van der Waals surface area (Å²) in [6, 6.07) is 6.69. The van der Waals surface area contributed by atoms with Gasteiger partial charge in [0, 0.05) is 11.8 Å². The maximum atomic E-state index is 10.6. The van der Waals surface area contributed by atoms with Gasteiger partial charge in [0.15, 0.2) is 0 Å². The summed E-state index contributed by atoms with van der Waals surface area (Å²) in [4.78, 5) is 10.6. The average molecular weight is 269 g/mol. The maximum Gasteiger partial charge on any atom is 0.335 e. The number of carboxylic acids is 1. The van der Waals surface area contributed by atoms with Crippen LogP contribution in [0.25, 0.3) is 0 Å². The first kappa shape index (κ1) is 14.9. The lowest BCUT2D eigenvalue weighted by molar-refractivity contribution is 0.0697. The summed E-state index contributed by atoms with van der Waals surface area (Å²) < 4.78 is 5.50. The summed E-state index contributed by atoms with van der Waals surface area (Å²) in [7, 11) is 0. The van der Waals surface area contributed by atoms with E-state index in [1.165, 1.54) is 0 Å². The monoisotopic (exact) mass is 269 g/mol. The average Bonchev–Trinajstić information content (AvgIpc) is 2.34. The van der Waals surface area contributed by atoms with Gasteiger partial charge in [-0.1, -0.05) is 0 Å². The third kappa shape index (κ3) is 5.93. The number of nitrogens with two attached hydrogens (primary N) is 1. The number of thioether (sulfide) groups is 1. The molecule has 1 atom stereocenters. The minimum absolute atomic E-state index is 0.252. The highest BCUT2D eigenvalue weighted by Gasteiger charge is 2.02. The van der Waals surface area contributed by atoms with Gasteiger partial charge in [-0.15, -0.1) is 0 Å². The van der Waals surface area contributed by atoms with Crippen LogP contribution in [0.5, 0.6) is 5.75 Å². The minimum atomic E-state index is -0.923. The van der Waals surface area contributed by atoms with Crippen LogP contribution in [0.2, 0.25) is 0 Å². The van der Waals surface area contributed by atoms with E-state index in [-0.39, 0.29) is 11.6 Å². The largest absolute Gasteiger partial charge is 0.493 e. The van der Waals surface area contributed by atoms with E-state index in [4.69, 9.17) is 15.6 Å². The number of rotatable bonds is 8. The topological polar surface area (TPSA) is 72.5 Å². The molecule has 18 heavy (non-hydrogen) atoms. The Hall–Kier alpha value is -1.20. The van der Waals surface area contributed by atoms with Crippen LogP contribution in [0.4, 0.5) is 0 Å². The molecule has 0 bridgehead atoms. The first-order valence-corrected chi connectivity index (χ1v) is 7.04. The van der Waals surface area contributed by atoms with Crippen LogP contribution in [0.3, 0.4) is 0 Å². The predicted molar refractivity (Wildman–Crippen MR) is 74.5 cm³/mol. The van der Waals surface area contributed by atoms with Gasteiger partial charge >= 0.3 is 5.97 Å². The van der Waals surface area contributed by atoms with Gasteiger partial charge in [0.1, 0.15) is 5.75 Å². The maximum absolute atomic E-state index is 10.6. The van der Waals surface area contributed by atoms with E-state index >= 15 is 0 Å². The summed E-state index contributed by atoms with van der Waals surface area (Å²) >= 11 is 1.81. The highest BCUT2D eigenvalue weighted by molar-refractivity contribution is 7.99. The third-order valence-corrected chi connectivity index (χ3v) is 3.29. The molecular weight excluding hydrogens is 250 g/mol. The summed E-state index contributed by atoms with van der Waals surface area (Å²) in [5.41, 5.74) is 5.92. The molecule has 1 rings (SSSR count). The van der Waals surface area contributed by atoms with Crippen LogP contribution in [0.1, 0.15) is 23.7 Å². The fourth-order valence-corrected chi connectivity index (χ4v) is 2.23. The molecule has 3 N–H and O–H groups in total. The Morgan fingerprint density at radius 1 is 1.39 bits per heavy atom. The Balaban J connectivity index is 2.17.